The Hall–Kier alpha value is -2.62. The molecule has 1 aromatic heterocycles. The summed E-state index contributed by atoms with van der Waals surface area (Å²) in [6.07, 6.45) is 1.50. The summed E-state index contributed by atoms with van der Waals surface area (Å²) < 4.78 is 42.2. The van der Waals surface area contributed by atoms with Crippen molar-refractivity contribution in [3.8, 4) is 22.4 Å². The van der Waals surface area contributed by atoms with Crippen molar-refractivity contribution in [2.75, 3.05) is 0 Å². The fourth-order valence-electron chi connectivity index (χ4n) is 2.16. The van der Waals surface area contributed by atoms with E-state index in [1.165, 1.54) is 36.5 Å². The molecule has 1 nitrogen and oxygen atoms in total. The van der Waals surface area contributed by atoms with Gasteiger partial charge in [-0.15, -0.1) is 0 Å². The molecule has 0 amide bonds. The van der Waals surface area contributed by atoms with Crippen molar-refractivity contribution in [2.45, 2.75) is 0 Å². The summed E-state index contributed by atoms with van der Waals surface area (Å²) in [4.78, 5) is 3.99. The zero-order chi connectivity index (χ0) is 14.8. The van der Waals surface area contributed by atoms with Gasteiger partial charge in [0.05, 0.1) is 5.69 Å². The Morgan fingerprint density at radius 2 is 1.29 bits per heavy atom. The molecule has 2 aromatic carbocycles. The number of hydrogen-bond acceptors (Lipinski definition) is 1. The van der Waals surface area contributed by atoms with Crippen molar-refractivity contribution < 1.29 is 13.2 Å². The molecule has 0 saturated carbocycles. The van der Waals surface area contributed by atoms with Gasteiger partial charge in [-0.05, 0) is 24.3 Å². The topological polar surface area (TPSA) is 12.9 Å². The Bertz CT molecular complexity index is 785. The van der Waals surface area contributed by atoms with Crippen LogP contribution in [0.25, 0.3) is 22.4 Å². The smallest absolute Gasteiger partial charge is 0.168 e. The van der Waals surface area contributed by atoms with Crippen molar-refractivity contribution in [1.29, 1.82) is 0 Å². The number of aromatic nitrogens is 1. The van der Waals surface area contributed by atoms with E-state index >= 15 is 0 Å². The molecule has 0 aliphatic carbocycles. The zero-order valence-electron chi connectivity index (χ0n) is 10.9. The van der Waals surface area contributed by atoms with E-state index in [1.54, 1.807) is 24.3 Å². The molecule has 0 radical (unpaired) electrons. The average molecular weight is 285 g/mol. The first-order valence-electron chi connectivity index (χ1n) is 6.33. The monoisotopic (exact) mass is 285 g/mol. The third-order valence-electron chi connectivity index (χ3n) is 3.19. The fourth-order valence-corrected chi connectivity index (χ4v) is 2.16. The van der Waals surface area contributed by atoms with Crippen LogP contribution in [0.3, 0.4) is 0 Å². The Morgan fingerprint density at radius 1 is 0.619 bits per heavy atom. The van der Waals surface area contributed by atoms with Gasteiger partial charge in [0.25, 0.3) is 0 Å². The third-order valence-corrected chi connectivity index (χ3v) is 3.19. The quantitative estimate of drug-likeness (QED) is 0.657. The first-order chi connectivity index (χ1) is 10.2. The first kappa shape index (κ1) is 13.4. The highest BCUT2D eigenvalue weighted by atomic mass is 19.2. The molecule has 3 rings (SSSR count). The van der Waals surface area contributed by atoms with Crippen LogP contribution in [-0.2, 0) is 0 Å². The van der Waals surface area contributed by atoms with Crippen molar-refractivity contribution in [1.82, 2.24) is 4.98 Å². The van der Waals surface area contributed by atoms with E-state index in [4.69, 9.17) is 0 Å². The second-order valence-corrected chi connectivity index (χ2v) is 4.48. The molecule has 0 fully saturated rings. The third kappa shape index (κ3) is 2.40. The van der Waals surface area contributed by atoms with Gasteiger partial charge in [-0.3, -0.25) is 4.98 Å². The highest BCUT2D eigenvalue weighted by Crippen LogP contribution is 2.31. The lowest BCUT2D eigenvalue weighted by atomic mass is 10.0. The van der Waals surface area contributed by atoms with Gasteiger partial charge >= 0.3 is 0 Å². The molecule has 21 heavy (non-hydrogen) atoms. The van der Waals surface area contributed by atoms with Gasteiger partial charge in [-0.2, -0.15) is 0 Å². The summed E-state index contributed by atoms with van der Waals surface area (Å²) >= 11 is 0. The minimum absolute atomic E-state index is 0.0291. The molecular weight excluding hydrogens is 275 g/mol. The van der Waals surface area contributed by atoms with E-state index in [0.717, 1.165) is 0 Å². The van der Waals surface area contributed by atoms with Gasteiger partial charge < -0.3 is 0 Å². The standard InChI is InChI=1S/C17H10F3N/c18-14-6-2-1-5-11(14)12-8-9-13(17(20)16(12)19)15-7-3-4-10-21-15/h1-10H. The predicted molar refractivity (Wildman–Crippen MR) is 75.0 cm³/mol. The average Bonchev–Trinajstić information content (AvgIpc) is 2.52. The molecule has 0 spiro atoms. The summed E-state index contributed by atoms with van der Waals surface area (Å²) in [5.74, 6) is -2.71. The van der Waals surface area contributed by atoms with Gasteiger partial charge in [0, 0.05) is 22.9 Å². The lowest BCUT2D eigenvalue weighted by Crippen LogP contribution is -1.96. The van der Waals surface area contributed by atoms with E-state index in [-0.39, 0.29) is 16.7 Å². The Balaban J connectivity index is 2.16. The number of benzene rings is 2. The maximum absolute atomic E-state index is 14.2. The van der Waals surface area contributed by atoms with Gasteiger partial charge in [0.15, 0.2) is 11.6 Å². The summed E-state index contributed by atoms with van der Waals surface area (Å²) in [7, 11) is 0. The molecule has 0 aliphatic heterocycles. The van der Waals surface area contributed by atoms with Crippen LogP contribution in [0.15, 0.2) is 60.8 Å². The van der Waals surface area contributed by atoms with E-state index in [9.17, 15) is 13.2 Å². The minimum Gasteiger partial charge on any atom is -0.256 e. The zero-order valence-corrected chi connectivity index (χ0v) is 10.9. The van der Waals surface area contributed by atoms with Gasteiger partial charge in [0.2, 0.25) is 0 Å². The Labute approximate surface area is 119 Å². The first-order valence-corrected chi connectivity index (χ1v) is 6.33. The van der Waals surface area contributed by atoms with Crippen LogP contribution >= 0.6 is 0 Å². The van der Waals surface area contributed by atoms with E-state index in [0.29, 0.717) is 5.69 Å². The summed E-state index contributed by atoms with van der Waals surface area (Å²) in [6.45, 7) is 0. The molecule has 0 unspecified atom stereocenters. The Morgan fingerprint density at radius 3 is 2.00 bits per heavy atom. The molecule has 0 aliphatic rings. The van der Waals surface area contributed by atoms with Crippen LogP contribution in [0.2, 0.25) is 0 Å². The maximum Gasteiger partial charge on any atom is 0.168 e. The van der Waals surface area contributed by atoms with Crippen LogP contribution in [0.5, 0.6) is 0 Å². The molecule has 0 bridgehead atoms. The van der Waals surface area contributed by atoms with Crippen LogP contribution in [0.1, 0.15) is 0 Å². The molecule has 4 heteroatoms. The largest absolute Gasteiger partial charge is 0.256 e. The molecule has 0 saturated heterocycles. The van der Waals surface area contributed by atoms with Crippen LogP contribution in [0.4, 0.5) is 13.2 Å². The molecular formula is C17H10F3N. The molecule has 3 aromatic rings. The summed E-state index contributed by atoms with van der Waals surface area (Å²) in [6, 6.07) is 13.4. The normalized spacial score (nSPS) is 10.6. The molecule has 1 heterocycles. The van der Waals surface area contributed by atoms with Crippen LogP contribution in [0, 0.1) is 17.5 Å². The highest BCUT2D eigenvalue weighted by Gasteiger charge is 2.18. The number of pyridine rings is 1. The number of nitrogens with zero attached hydrogens (tertiary/aromatic N) is 1. The summed E-state index contributed by atoms with van der Waals surface area (Å²) in [5, 5.41) is 0. The SMILES string of the molecule is Fc1ccccc1-c1ccc(-c2ccccn2)c(F)c1F. The van der Waals surface area contributed by atoms with Gasteiger partial charge in [-0.25, -0.2) is 13.2 Å². The van der Waals surface area contributed by atoms with Crippen molar-refractivity contribution in [2.24, 2.45) is 0 Å². The maximum atomic E-state index is 14.2. The second kappa shape index (κ2) is 5.40. The highest BCUT2D eigenvalue weighted by molar-refractivity contribution is 5.70. The fraction of sp³-hybridized carbons (Fsp3) is 0. The minimum atomic E-state index is -1.08. The number of hydrogen-bond donors (Lipinski definition) is 0. The predicted octanol–water partition coefficient (Wildman–Crippen LogP) is 4.83. The summed E-state index contributed by atoms with van der Waals surface area (Å²) in [5.41, 5.74) is 0.300. The van der Waals surface area contributed by atoms with Crippen LogP contribution in [-0.4, -0.2) is 4.98 Å². The Kier molecular flexibility index (Phi) is 3.44. The van der Waals surface area contributed by atoms with Crippen molar-refractivity contribution >= 4 is 0 Å². The molecule has 104 valence electrons. The van der Waals surface area contributed by atoms with Crippen LogP contribution < -0.4 is 0 Å². The lowest BCUT2D eigenvalue weighted by Gasteiger charge is -2.09. The molecule has 0 atom stereocenters. The number of rotatable bonds is 2. The second-order valence-electron chi connectivity index (χ2n) is 4.48. The van der Waals surface area contributed by atoms with E-state index < -0.39 is 17.5 Å². The van der Waals surface area contributed by atoms with Gasteiger partial charge in [0.1, 0.15) is 5.82 Å². The van der Waals surface area contributed by atoms with Crippen molar-refractivity contribution in [3.05, 3.63) is 78.2 Å². The number of halogens is 3. The van der Waals surface area contributed by atoms with Crippen molar-refractivity contribution in [3.63, 3.8) is 0 Å². The van der Waals surface area contributed by atoms with E-state index in [2.05, 4.69) is 4.98 Å². The van der Waals surface area contributed by atoms with E-state index in [1.807, 2.05) is 0 Å². The lowest BCUT2D eigenvalue weighted by molar-refractivity contribution is 0.512. The van der Waals surface area contributed by atoms with Gasteiger partial charge in [-0.1, -0.05) is 30.3 Å². The molecule has 0 N–H and O–H groups in total.